The van der Waals surface area contributed by atoms with Crippen molar-refractivity contribution in [2.45, 2.75) is 6.42 Å². The Bertz CT molecular complexity index is 632. The van der Waals surface area contributed by atoms with Crippen molar-refractivity contribution in [3.8, 4) is 17.6 Å². The first-order valence-corrected chi connectivity index (χ1v) is 7.47. The van der Waals surface area contributed by atoms with Crippen LogP contribution in [0.4, 0.5) is 0 Å². The highest BCUT2D eigenvalue weighted by Gasteiger charge is 2.10. The Kier molecular flexibility index (Phi) is 8.72. The van der Waals surface area contributed by atoms with Gasteiger partial charge in [-0.15, -0.1) is 0 Å². The van der Waals surface area contributed by atoms with Crippen LogP contribution in [0.5, 0.6) is 11.5 Å². The van der Waals surface area contributed by atoms with E-state index in [2.05, 4.69) is 11.9 Å². The zero-order valence-electron chi connectivity index (χ0n) is 14.0. The fourth-order valence-corrected chi connectivity index (χ4v) is 1.87. The van der Waals surface area contributed by atoms with Gasteiger partial charge < -0.3 is 19.5 Å². The molecule has 0 saturated heterocycles. The Balaban J connectivity index is 2.86. The number of ether oxygens (including phenoxy) is 3. The summed E-state index contributed by atoms with van der Waals surface area (Å²) in [5.74, 6) is 0.667. The lowest BCUT2D eigenvalue weighted by molar-refractivity contribution is -0.117. The van der Waals surface area contributed by atoms with Crippen LogP contribution >= 0.6 is 0 Å². The zero-order chi connectivity index (χ0) is 17.8. The van der Waals surface area contributed by atoms with Crippen molar-refractivity contribution in [2.75, 3.05) is 34.0 Å². The summed E-state index contributed by atoms with van der Waals surface area (Å²) < 4.78 is 15.6. The van der Waals surface area contributed by atoms with Crippen LogP contribution in [-0.4, -0.2) is 39.9 Å². The molecule has 0 aliphatic heterocycles. The van der Waals surface area contributed by atoms with Crippen LogP contribution in [-0.2, 0) is 9.53 Å². The third kappa shape index (κ3) is 6.15. The van der Waals surface area contributed by atoms with E-state index in [9.17, 15) is 10.1 Å². The van der Waals surface area contributed by atoms with Crippen molar-refractivity contribution in [3.05, 3.63) is 42.0 Å². The lowest BCUT2D eigenvalue weighted by Crippen LogP contribution is -2.26. The molecule has 0 aromatic heterocycles. The minimum Gasteiger partial charge on any atom is -0.493 e. The Hall–Kier alpha value is -2.78. The standard InChI is InChI=1S/C18H22N2O4/c1-4-9-24-16-7-6-14(12-17(16)23-3)11-15(13-19)18(21)20-8-5-10-22-2/h4,6-7,11-12H,1,5,8-10H2,2-3H3,(H,20,21)/b15-11-. The van der Waals surface area contributed by atoms with Gasteiger partial charge in [0.1, 0.15) is 18.2 Å². The van der Waals surface area contributed by atoms with Crippen LogP contribution in [0.3, 0.4) is 0 Å². The largest absolute Gasteiger partial charge is 0.493 e. The number of nitrogens with one attached hydrogen (secondary N) is 1. The van der Waals surface area contributed by atoms with E-state index < -0.39 is 5.91 Å². The molecule has 0 atom stereocenters. The molecule has 0 aliphatic carbocycles. The molecule has 1 aromatic carbocycles. The summed E-state index contributed by atoms with van der Waals surface area (Å²) in [5.41, 5.74) is 0.690. The number of methoxy groups -OCH3 is 2. The van der Waals surface area contributed by atoms with Gasteiger partial charge in [0, 0.05) is 20.3 Å². The van der Waals surface area contributed by atoms with E-state index >= 15 is 0 Å². The molecule has 128 valence electrons. The maximum absolute atomic E-state index is 12.0. The van der Waals surface area contributed by atoms with Gasteiger partial charge in [0.15, 0.2) is 11.5 Å². The normalized spacial score (nSPS) is 10.6. The molecular weight excluding hydrogens is 308 g/mol. The van der Waals surface area contributed by atoms with Crippen LogP contribution in [0.15, 0.2) is 36.4 Å². The fraction of sp³-hybridized carbons (Fsp3) is 0.333. The second-order valence-corrected chi connectivity index (χ2v) is 4.78. The maximum Gasteiger partial charge on any atom is 0.261 e. The molecule has 0 spiro atoms. The SMILES string of the molecule is C=CCOc1ccc(/C=C(/C#N)C(=O)NCCCOC)cc1OC. The molecule has 1 rings (SSSR count). The molecule has 1 amide bonds. The first-order chi connectivity index (χ1) is 11.7. The van der Waals surface area contributed by atoms with E-state index in [1.54, 1.807) is 31.4 Å². The van der Waals surface area contributed by atoms with Gasteiger partial charge in [0.05, 0.1) is 7.11 Å². The van der Waals surface area contributed by atoms with Gasteiger partial charge in [-0.3, -0.25) is 4.79 Å². The summed E-state index contributed by atoms with van der Waals surface area (Å²) in [6.45, 7) is 4.95. The van der Waals surface area contributed by atoms with Crippen LogP contribution in [0.1, 0.15) is 12.0 Å². The number of nitrogens with zero attached hydrogens (tertiary/aromatic N) is 1. The van der Waals surface area contributed by atoms with Crippen molar-refractivity contribution < 1.29 is 19.0 Å². The van der Waals surface area contributed by atoms with Crippen LogP contribution in [0.25, 0.3) is 6.08 Å². The van der Waals surface area contributed by atoms with E-state index in [1.165, 1.54) is 13.2 Å². The van der Waals surface area contributed by atoms with Crippen LogP contribution in [0.2, 0.25) is 0 Å². The molecule has 0 fully saturated rings. The van der Waals surface area contributed by atoms with Crippen LogP contribution < -0.4 is 14.8 Å². The smallest absolute Gasteiger partial charge is 0.261 e. The Morgan fingerprint density at radius 3 is 2.79 bits per heavy atom. The van der Waals surface area contributed by atoms with Gasteiger partial charge >= 0.3 is 0 Å². The van der Waals surface area contributed by atoms with Gasteiger partial charge in [-0.2, -0.15) is 5.26 Å². The summed E-state index contributed by atoms with van der Waals surface area (Å²) in [6, 6.07) is 7.08. The minimum absolute atomic E-state index is 0.0224. The molecule has 1 aromatic rings. The average molecular weight is 330 g/mol. The molecule has 6 heteroatoms. The summed E-state index contributed by atoms with van der Waals surface area (Å²) >= 11 is 0. The number of nitriles is 1. The van der Waals surface area contributed by atoms with Crippen molar-refractivity contribution in [2.24, 2.45) is 0 Å². The predicted octanol–water partition coefficient (Wildman–Crippen LogP) is 2.32. The molecule has 0 aliphatic rings. The summed E-state index contributed by atoms with van der Waals surface area (Å²) in [5, 5.41) is 11.9. The highest BCUT2D eigenvalue weighted by molar-refractivity contribution is 6.01. The zero-order valence-corrected chi connectivity index (χ0v) is 14.0. The molecule has 0 saturated carbocycles. The van der Waals surface area contributed by atoms with Gasteiger partial charge in [0.2, 0.25) is 0 Å². The highest BCUT2D eigenvalue weighted by atomic mass is 16.5. The molecule has 0 heterocycles. The van der Waals surface area contributed by atoms with E-state index in [0.717, 1.165) is 0 Å². The van der Waals surface area contributed by atoms with Crippen molar-refractivity contribution in [1.82, 2.24) is 5.32 Å². The van der Waals surface area contributed by atoms with E-state index in [1.807, 2.05) is 6.07 Å². The van der Waals surface area contributed by atoms with Crippen LogP contribution in [0, 0.1) is 11.3 Å². The lowest BCUT2D eigenvalue weighted by atomic mass is 10.1. The number of carbonyl (C=O) groups excluding carboxylic acids is 1. The number of rotatable bonds is 10. The average Bonchev–Trinajstić information content (AvgIpc) is 2.61. The number of hydrogen-bond donors (Lipinski definition) is 1. The number of hydrogen-bond acceptors (Lipinski definition) is 5. The van der Waals surface area contributed by atoms with Crippen molar-refractivity contribution in [1.29, 1.82) is 5.26 Å². The summed E-state index contributed by atoms with van der Waals surface area (Å²) in [6.07, 6.45) is 3.82. The molecule has 1 N–H and O–H groups in total. The first-order valence-electron chi connectivity index (χ1n) is 7.47. The van der Waals surface area contributed by atoms with E-state index in [-0.39, 0.29) is 5.57 Å². The summed E-state index contributed by atoms with van der Waals surface area (Å²) in [7, 11) is 3.12. The Morgan fingerprint density at radius 1 is 1.38 bits per heavy atom. The Labute approximate surface area is 142 Å². The van der Waals surface area contributed by atoms with Crippen molar-refractivity contribution >= 4 is 12.0 Å². The monoisotopic (exact) mass is 330 g/mol. The van der Waals surface area contributed by atoms with Gasteiger partial charge in [-0.1, -0.05) is 18.7 Å². The molecule has 0 radical (unpaired) electrons. The maximum atomic E-state index is 12.0. The molecule has 24 heavy (non-hydrogen) atoms. The number of carbonyl (C=O) groups is 1. The highest BCUT2D eigenvalue weighted by Crippen LogP contribution is 2.28. The number of amides is 1. The second kappa shape index (κ2) is 10.9. The van der Waals surface area contributed by atoms with E-state index in [4.69, 9.17) is 14.2 Å². The number of benzene rings is 1. The van der Waals surface area contributed by atoms with Gasteiger partial charge in [-0.05, 0) is 30.2 Å². The van der Waals surface area contributed by atoms with Gasteiger partial charge in [-0.25, -0.2) is 0 Å². The quantitative estimate of drug-likeness (QED) is 0.308. The lowest BCUT2D eigenvalue weighted by Gasteiger charge is -2.10. The molecule has 6 nitrogen and oxygen atoms in total. The molecule has 0 unspecified atom stereocenters. The molecular formula is C18H22N2O4. The predicted molar refractivity (Wildman–Crippen MR) is 91.8 cm³/mol. The van der Waals surface area contributed by atoms with Crippen molar-refractivity contribution in [3.63, 3.8) is 0 Å². The fourth-order valence-electron chi connectivity index (χ4n) is 1.87. The second-order valence-electron chi connectivity index (χ2n) is 4.78. The third-order valence-electron chi connectivity index (χ3n) is 3.03. The first kappa shape index (κ1) is 19.3. The van der Waals surface area contributed by atoms with Gasteiger partial charge in [0.25, 0.3) is 5.91 Å². The van der Waals surface area contributed by atoms with E-state index in [0.29, 0.717) is 43.2 Å². The topological polar surface area (TPSA) is 80.6 Å². The third-order valence-corrected chi connectivity index (χ3v) is 3.03. The summed E-state index contributed by atoms with van der Waals surface area (Å²) in [4.78, 5) is 12.0. The molecule has 0 bridgehead atoms. The Morgan fingerprint density at radius 2 is 2.17 bits per heavy atom. The minimum atomic E-state index is -0.417.